The van der Waals surface area contributed by atoms with E-state index < -0.39 is 5.82 Å². The van der Waals surface area contributed by atoms with Crippen LogP contribution in [0.2, 0.25) is 0 Å². The quantitative estimate of drug-likeness (QED) is 0.876. The molecule has 1 amide bonds. The van der Waals surface area contributed by atoms with Crippen LogP contribution in [-0.2, 0) is 0 Å². The summed E-state index contributed by atoms with van der Waals surface area (Å²) in [6, 6.07) is 4.55. The highest BCUT2D eigenvalue weighted by Gasteiger charge is 2.20. The number of likely N-dealkylation sites (tertiary alicyclic amines) is 1. The molecule has 0 radical (unpaired) electrons. The number of carbonyl (C=O) groups is 1. The summed E-state index contributed by atoms with van der Waals surface area (Å²) in [6.07, 6.45) is 2.21. The normalized spacial score (nSPS) is 16.7. The van der Waals surface area contributed by atoms with Gasteiger partial charge < -0.3 is 15.5 Å². The Balaban J connectivity index is 1.89. The summed E-state index contributed by atoms with van der Waals surface area (Å²) in [7, 11) is 1.62. The van der Waals surface area contributed by atoms with Gasteiger partial charge in [0.15, 0.2) is 0 Å². The average molecular weight is 293 g/mol. The van der Waals surface area contributed by atoms with E-state index >= 15 is 0 Å². The topological polar surface area (TPSA) is 44.4 Å². The summed E-state index contributed by atoms with van der Waals surface area (Å²) in [5.74, 6) is -0.0958. The fourth-order valence-electron chi connectivity index (χ4n) is 2.81. The van der Waals surface area contributed by atoms with Gasteiger partial charge in [-0.05, 0) is 50.5 Å². The van der Waals surface area contributed by atoms with Crippen LogP contribution >= 0.6 is 0 Å². The van der Waals surface area contributed by atoms with Crippen molar-refractivity contribution in [2.45, 2.75) is 19.8 Å². The second kappa shape index (κ2) is 7.41. The van der Waals surface area contributed by atoms with E-state index in [9.17, 15) is 9.18 Å². The van der Waals surface area contributed by atoms with Crippen molar-refractivity contribution in [1.82, 2.24) is 10.2 Å². The molecule has 2 rings (SSSR count). The van der Waals surface area contributed by atoms with Crippen molar-refractivity contribution in [2.75, 3.05) is 38.5 Å². The number of piperidine rings is 1. The van der Waals surface area contributed by atoms with E-state index in [-0.39, 0.29) is 11.6 Å². The van der Waals surface area contributed by atoms with Gasteiger partial charge in [0.05, 0.1) is 11.3 Å². The van der Waals surface area contributed by atoms with Gasteiger partial charge in [-0.3, -0.25) is 4.79 Å². The molecule has 1 aromatic carbocycles. The van der Waals surface area contributed by atoms with Crippen LogP contribution in [0.1, 0.15) is 30.1 Å². The third kappa shape index (κ3) is 3.94. The van der Waals surface area contributed by atoms with Crippen molar-refractivity contribution in [1.29, 1.82) is 0 Å². The average Bonchev–Trinajstić information content (AvgIpc) is 2.52. The van der Waals surface area contributed by atoms with Gasteiger partial charge in [-0.15, -0.1) is 0 Å². The minimum absolute atomic E-state index is 0.211. The SMILES string of the molecule is CCN1CCC(CNC(=O)c2cccc(F)c2NC)CC1. The lowest BCUT2D eigenvalue weighted by Gasteiger charge is -2.31. The number of nitrogens with zero attached hydrogens (tertiary/aromatic N) is 1. The smallest absolute Gasteiger partial charge is 0.253 e. The predicted molar refractivity (Wildman–Crippen MR) is 83.1 cm³/mol. The second-order valence-electron chi connectivity index (χ2n) is 5.50. The number of para-hydroxylation sites is 1. The number of amides is 1. The number of nitrogens with one attached hydrogen (secondary N) is 2. The fourth-order valence-corrected chi connectivity index (χ4v) is 2.81. The molecule has 116 valence electrons. The van der Waals surface area contributed by atoms with Gasteiger partial charge in [-0.25, -0.2) is 4.39 Å². The van der Waals surface area contributed by atoms with Gasteiger partial charge in [0.25, 0.3) is 5.91 Å². The minimum Gasteiger partial charge on any atom is -0.385 e. The molecule has 1 fully saturated rings. The van der Waals surface area contributed by atoms with Crippen LogP contribution < -0.4 is 10.6 Å². The molecule has 2 N–H and O–H groups in total. The van der Waals surface area contributed by atoms with E-state index in [4.69, 9.17) is 0 Å². The van der Waals surface area contributed by atoms with Crippen LogP contribution in [0.25, 0.3) is 0 Å². The molecule has 0 unspecified atom stereocenters. The number of carbonyl (C=O) groups excluding carboxylic acids is 1. The lowest BCUT2D eigenvalue weighted by atomic mass is 9.96. The molecule has 0 aliphatic carbocycles. The highest BCUT2D eigenvalue weighted by atomic mass is 19.1. The lowest BCUT2D eigenvalue weighted by Crippen LogP contribution is -2.38. The Morgan fingerprint density at radius 2 is 2.10 bits per heavy atom. The summed E-state index contributed by atoms with van der Waals surface area (Å²) < 4.78 is 13.6. The molecule has 4 nitrogen and oxygen atoms in total. The van der Waals surface area contributed by atoms with Crippen molar-refractivity contribution in [2.24, 2.45) is 5.92 Å². The first-order valence-corrected chi connectivity index (χ1v) is 7.62. The minimum atomic E-state index is -0.401. The second-order valence-corrected chi connectivity index (χ2v) is 5.50. The Kier molecular flexibility index (Phi) is 5.56. The monoisotopic (exact) mass is 293 g/mol. The van der Waals surface area contributed by atoms with Crippen molar-refractivity contribution in [3.63, 3.8) is 0 Å². The molecule has 0 spiro atoms. The van der Waals surface area contributed by atoms with Crippen LogP contribution in [0.3, 0.4) is 0 Å². The maximum Gasteiger partial charge on any atom is 0.253 e. The number of rotatable bonds is 5. The zero-order valence-electron chi connectivity index (χ0n) is 12.8. The Morgan fingerprint density at radius 1 is 1.38 bits per heavy atom. The molecule has 0 aromatic heterocycles. The van der Waals surface area contributed by atoms with Crippen molar-refractivity contribution >= 4 is 11.6 Å². The zero-order valence-corrected chi connectivity index (χ0v) is 12.8. The molecular formula is C16H24FN3O. The van der Waals surface area contributed by atoms with Crippen LogP contribution in [0, 0.1) is 11.7 Å². The maximum atomic E-state index is 13.6. The van der Waals surface area contributed by atoms with E-state index in [1.54, 1.807) is 19.2 Å². The molecule has 0 bridgehead atoms. The summed E-state index contributed by atoms with van der Waals surface area (Å²) in [6.45, 7) is 6.12. The Hall–Kier alpha value is -1.62. The predicted octanol–water partition coefficient (Wildman–Crippen LogP) is 2.33. The van der Waals surface area contributed by atoms with Gasteiger partial charge in [-0.1, -0.05) is 13.0 Å². The van der Waals surface area contributed by atoms with E-state index in [0.29, 0.717) is 18.0 Å². The van der Waals surface area contributed by atoms with Crippen LogP contribution in [0.15, 0.2) is 18.2 Å². The standard InChI is InChI=1S/C16H24FN3O/c1-3-20-9-7-12(8-10-20)11-19-16(21)13-5-4-6-14(17)15(13)18-2/h4-6,12,18H,3,7-11H2,1-2H3,(H,19,21). The van der Waals surface area contributed by atoms with Crippen molar-refractivity contribution in [3.05, 3.63) is 29.6 Å². The Morgan fingerprint density at radius 3 is 2.71 bits per heavy atom. The molecule has 1 saturated heterocycles. The fraction of sp³-hybridized carbons (Fsp3) is 0.562. The summed E-state index contributed by atoms with van der Waals surface area (Å²) >= 11 is 0. The summed E-state index contributed by atoms with van der Waals surface area (Å²) in [5.41, 5.74) is 0.624. The molecular weight excluding hydrogens is 269 g/mol. The van der Waals surface area contributed by atoms with Crippen LogP contribution in [-0.4, -0.2) is 44.0 Å². The van der Waals surface area contributed by atoms with Gasteiger partial charge in [0.1, 0.15) is 5.82 Å². The van der Waals surface area contributed by atoms with Crippen molar-refractivity contribution < 1.29 is 9.18 Å². The van der Waals surface area contributed by atoms with E-state index in [0.717, 1.165) is 32.5 Å². The van der Waals surface area contributed by atoms with Gasteiger partial charge in [0, 0.05) is 13.6 Å². The molecule has 1 aromatic rings. The number of halogens is 1. The molecule has 0 atom stereocenters. The lowest BCUT2D eigenvalue weighted by molar-refractivity contribution is 0.0937. The highest BCUT2D eigenvalue weighted by molar-refractivity contribution is 5.99. The number of benzene rings is 1. The maximum absolute atomic E-state index is 13.6. The first kappa shape index (κ1) is 15.8. The summed E-state index contributed by atoms with van der Waals surface area (Å²) in [4.78, 5) is 14.6. The third-order valence-electron chi connectivity index (χ3n) is 4.21. The van der Waals surface area contributed by atoms with Crippen LogP contribution in [0.4, 0.5) is 10.1 Å². The van der Waals surface area contributed by atoms with Gasteiger partial charge in [-0.2, -0.15) is 0 Å². The van der Waals surface area contributed by atoms with E-state index in [1.807, 2.05) is 0 Å². The van der Waals surface area contributed by atoms with Crippen molar-refractivity contribution in [3.8, 4) is 0 Å². The molecule has 1 heterocycles. The molecule has 1 aliphatic rings. The highest BCUT2D eigenvalue weighted by Crippen LogP contribution is 2.20. The number of hydrogen-bond donors (Lipinski definition) is 2. The molecule has 5 heteroatoms. The Bertz CT molecular complexity index is 484. The number of anilines is 1. The molecule has 0 saturated carbocycles. The van der Waals surface area contributed by atoms with E-state index in [2.05, 4.69) is 22.5 Å². The first-order valence-electron chi connectivity index (χ1n) is 7.62. The first-order chi connectivity index (χ1) is 10.2. The van der Waals surface area contributed by atoms with E-state index in [1.165, 1.54) is 6.07 Å². The van der Waals surface area contributed by atoms with Crippen LogP contribution in [0.5, 0.6) is 0 Å². The largest absolute Gasteiger partial charge is 0.385 e. The van der Waals surface area contributed by atoms with Gasteiger partial charge in [0.2, 0.25) is 0 Å². The third-order valence-corrected chi connectivity index (χ3v) is 4.21. The Labute approximate surface area is 125 Å². The summed E-state index contributed by atoms with van der Waals surface area (Å²) in [5, 5.41) is 5.69. The zero-order chi connectivity index (χ0) is 15.2. The van der Waals surface area contributed by atoms with Gasteiger partial charge >= 0.3 is 0 Å². The molecule has 21 heavy (non-hydrogen) atoms. The molecule has 1 aliphatic heterocycles. The number of hydrogen-bond acceptors (Lipinski definition) is 3.